The van der Waals surface area contributed by atoms with Gasteiger partial charge in [-0.05, 0) is 30.9 Å². The lowest BCUT2D eigenvalue weighted by atomic mass is 9.85. The second-order valence-corrected chi connectivity index (χ2v) is 5.83. The van der Waals surface area contributed by atoms with Gasteiger partial charge in [0.25, 0.3) is 5.91 Å². The molecule has 5 heteroatoms. The Morgan fingerprint density at radius 3 is 2.81 bits per heavy atom. The van der Waals surface area contributed by atoms with Crippen molar-refractivity contribution in [2.45, 2.75) is 44.2 Å². The highest BCUT2D eigenvalue weighted by Gasteiger charge is 2.32. The zero-order valence-corrected chi connectivity index (χ0v) is 11.7. The van der Waals surface area contributed by atoms with Gasteiger partial charge in [0.2, 0.25) is 0 Å². The molecule has 3 rings (SSSR count). The average molecular weight is 289 g/mol. The van der Waals surface area contributed by atoms with E-state index in [4.69, 9.17) is 9.84 Å². The first kappa shape index (κ1) is 13.9. The molecule has 1 amide bonds. The minimum atomic E-state index is -0.765. The van der Waals surface area contributed by atoms with Gasteiger partial charge in [-0.2, -0.15) is 0 Å². The Morgan fingerprint density at radius 2 is 2.05 bits per heavy atom. The summed E-state index contributed by atoms with van der Waals surface area (Å²) in [6.45, 7) is 0. The maximum atomic E-state index is 12.3. The van der Waals surface area contributed by atoms with E-state index in [0.717, 1.165) is 24.2 Å². The molecule has 1 aromatic carbocycles. The Hall–Kier alpha value is -2.04. The number of carboxylic acids is 1. The van der Waals surface area contributed by atoms with Crippen LogP contribution in [-0.2, 0) is 16.0 Å². The molecule has 2 N–H and O–H groups in total. The van der Waals surface area contributed by atoms with E-state index in [1.807, 2.05) is 24.3 Å². The molecule has 0 spiro atoms. The van der Waals surface area contributed by atoms with E-state index in [0.29, 0.717) is 19.3 Å². The van der Waals surface area contributed by atoms with Gasteiger partial charge in [-0.3, -0.25) is 9.59 Å². The van der Waals surface area contributed by atoms with Crippen LogP contribution in [0.25, 0.3) is 0 Å². The number of hydrogen-bond donors (Lipinski definition) is 2. The number of carboxylic acid groups (broad SMARTS) is 1. The molecule has 3 atom stereocenters. The number of fused-ring (bicyclic) bond motifs is 1. The second kappa shape index (κ2) is 5.76. The van der Waals surface area contributed by atoms with E-state index < -0.39 is 12.1 Å². The Kier molecular flexibility index (Phi) is 3.82. The first-order valence-electron chi connectivity index (χ1n) is 7.41. The lowest BCUT2D eigenvalue weighted by Gasteiger charge is -2.28. The minimum absolute atomic E-state index is 0.0559. The number of hydrogen-bond acceptors (Lipinski definition) is 3. The van der Waals surface area contributed by atoms with Crippen molar-refractivity contribution in [2.24, 2.45) is 5.92 Å². The molecule has 2 aliphatic rings. The third kappa shape index (κ3) is 3.01. The van der Waals surface area contributed by atoms with Crippen LogP contribution in [0.3, 0.4) is 0 Å². The zero-order valence-electron chi connectivity index (χ0n) is 11.7. The summed E-state index contributed by atoms with van der Waals surface area (Å²) in [5.41, 5.74) is 1.05. The molecule has 1 aliphatic heterocycles. The smallest absolute Gasteiger partial charge is 0.306 e. The third-order valence-electron chi connectivity index (χ3n) is 4.31. The lowest BCUT2D eigenvalue weighted by Crippen LogP contribution is -2.45. The molecule has 0 bridgehead atoms. The predicted molar refractivity (Wildman–Crippen MR) is 76.1 cm³/mol. The van der Waals surface area contributed by atoms with Crippen molar-refractivity contribution in [3.63, 3.8) is 0 Å². The van der Waals surface area contributed by atoms with E-state index in [1.54, 1.807) is 0 Å². The number of benzene rings is 1. The SMILES string of the molecule is O=C(O)C1CCCC(NC(=O)C2Cc3ccccc3O2)C1. The van der Waals surface area contributed by atoms with Crippen LogP contribution in [0.2, 0.25) is 0 Å². The van der Waals surface area contributed by atoms with E-state index >= 15 is 0 Å². The molecule has 5 nitrogen and oxygen atoms in total. The Balaban J connectivity index is 1.57. The average Bonchev–Trinajstić information content (AvgIpc) is 2.91. The molecule has 112 valence electrons. The summed E-state index contributed by atoms with van der Waals surface area (Å²) in [5.74, 6) is -0.476. The van der Waals surface area contributed by atoms with Crippen molar-refractivity contribution in [1.29, 1.82) is 0 Å². The Labute approximate surface area is 123 Å². The normalized spacial score (nSPS) is 27.5. The minimum Gasteiger partial charge on any atom is -0.481 e. The fourth-order valence-corrected chi connectivity index (χ4v) is 3.17. The molecule has 1 saturated carbocycles. The quantitative estimate of drug-likeness (QED) is 0.889. The summed E-state index contributed by atoms with van der Waals surface area (Å²) in [6, 6.07) is 7.59. The number of para-hydroxylation sites is 1. The van der Waals surface area contributed by atoms with Crippen molar-refractivity contribution in [3.05, 3.63) is 29.8 Å². The van der Waals surface area contributed by atoms with Crippen molar-refractivity contribution in [3.8, 4) is 5.75 Å². The first-order valence-corrected chi connectivity index (χ1v) is 7.41. The number of carbonyl (C=O) groups is 2. The lowest BCUT2D eigenvalue weighted by molar-refractivity contribution is -0.143. The van der Waals surface area contributed by atoms with Gasteiger partial charge in [-0.25, -0.2) is 0 Å². The van der Waals surface area contributed by atoms with Gasteiger partial charge < -0.3 is 15.2 Å². The monoisotopic (exact) mass is 289 g/mol. The molecule has 1 aromatic rings. The van der Waals surface area contributed by atoms with Crippen LogP contribution in [0, 0.1) is 5.92 Å². The number of aliphatic carboxylic acids is 1. The standard InChI is InChI=1S/C16H19NO4/c18-15(14-9-10-4-1-2-7-13(10)21-14)17-12-6-3-5-11(8-12)16(19)20/h1-2,4,7,11-12,14H,3,5-6,8-9H2,(H,17,18)(H,19,20). The second-order valence-electron chi connectivity index (χ2n) is 5.83. The fourth-order valence-electron chi connectivity index (χ4n) is 3.17. The summed E-state index contributed by atoms with van der Waals surface area (Å²) in [6.07, 6.45) is 2.99. The maximum absolute atomic E-state index is 12.3. The van der Waals surface area contributed by atoms with Gasteiger partial charge >= 0.3 is 5.97 Å². The van der Waals surface area contributed by atoms with E-state index in [9.17, 15) is 9.59 Å². The number of nitrogens with one attached hydrogen (secondary N) is 1. The molecule has 1 aliphatic carbocycles. The van der Waals surface area contributed by atoms with Crippen LogP contribution in [0.5, 0.6) is 5.75 Å². The molecule has 21 heavy (non-hydrogen) atoms. The topological polar surface area (TPSA) is 75.6 Å². The molecular weight excluding hydrogens is 270 g/mol. The van der Waals surface area contributed by atoms with Gasteiger partial charge in [0.1, 0.15) is 5.75 Å². The van der Waals surface area contributed by atoms with Crippen molar-refractivity contribution < 1.29 is 19.4 Å². The number of amides is 1. The number of carbonyl (C=O) groups excluding carboxylic acids is 1. The summed E-state index contributed by atoms with van der Waals surface area (Å²) >= 11 is 0. The number of rotatable bonds is 3. The van der Waals surface area contributed by atoms with E-state index in [-0.39, 0.29) is 17.9 Å². The molecule has 0 radical (unpaired) electrons. The largest absolute Gasteiger partial charge is 0.481 e. The third-order valence-corrected chi connectivity index (χ3v) is 4.31. The molecule has 0 saturated heterocycles. The molecule has 1 fully saturated rings. The summed E-state index contributed by atoms with van der Waals surface area (Å²) in [4.78, 5) is 23.3. The summed E-state index contributed by atoms with van der Waals surface area (Å²) < 4.78 is 5.66. The molecule has 0 aromatic heterocycles. The van der Waals surface area contributed by atoms with Gasteiger partial charge in [0.15, 0.2) is 6.10 Å². The van der Waals surface area contributed by atoms with Crippen LogP contribution in [0.4, 0.5) is 0 Å². The molecular formula is C16H19NO4. The fraction of sp³-hybridized carbons (Fsp3) is 0.500. The van der Waals surface area contributed by atoms with E-state index in [1.165, 1.54) is 0 Å². The van der Waals surface area contributed by atoms with Crippen LogP contribution in [-0.4, -0.2) is 29.1 Å². The van der Waals surface area contributed by atoms with Crippen molar-refractivity contribution in [2.75, 3.05) is 0 Å². The summed E-state index contributed by atoms with van der Waals surface area (Å²) in [7, 11) is 0. The van der Waals surface area contributed by atoms with Crippen LogP contribution in [0.1, 0.15) is 31.2 Å². The Bertz CT molecular complexity index is 532. The van der Waals surface area contributed by atoms with Crippen LogP contribution in [0.15, 0.2) is 24.3 Å². The van der Waals surface area contributed by atoms with Crippen molar-refractivity contribution >= 4 is 11.9 Å². The van der Waals surface area contributed by atoms with Crippen LogP contribution >= 0.6 is 0 Å². The zero-order chi connectivity index (χ0) is 14.8. The number of ether oxygens (including phenoxy) is 1. The van der Waals surface area contributed by atoms with Crippen molar-refractivity contribution in [1.82, 2.24) is 5.32 Å². The van der Waals surface area contributed by atoms with Gasteiger partial charge in [-0.15, -0.1) is 0 Å². The first-order chi connectivity index (χ1) is 10.1. The van der Waals surface area contributed by atoms with Crippen LogP contribution < -0.4 is 10.1 Å². The van der Waals surface area contributed by atoms with Gasteiger partial charge in [-0.1, -0.05) is 24.6 Å². The highest BCUT2D eigenvalue weighted by Crippen LogP contribution is 2.29. The maximum Gasteiger partial charge on any atom is 0.306 e. The highest BCUT2D eigenvalue weighted by molar-refractivity contribution is 5.83. The predicted octanol–water partition coefficient (Wildman–Crippen LogP) is 1.75. The van der Waals surface area contributed by atoms with E-state index in [2.05, 4.69) is 5.32 Å². The van der Waals surface area contributed by atoms with Gasteiger partial charge in [0, 0.05) is 12.5 Å². The molecule has 3 unspecified atom stereocenters. The summed E-state index contributed by atoms with van der Waals surface area (Å²) in [5, 5.41) is 12.0. The Morgan fingerprint density at radius 1 is 1.24 bits per heavy atom. The van der Waals surface area contributed by atoms with Gasteiger partial charge in [0.05, 0.1) is 5.92 Å². The molecule has 1 heterocycles. The highest BCUT2D eigenvalue weighted by atomic mass is 16.5.